The molecular weight excluding hydrogens is 508 g/mol. The molecule has 4 heterocycles. The molecule has 0 aliphatic carbocycles. The van der Waals surface area contributed by atoms with Crippen molar-refractivity contribution >= 4 is 50.8 Å². The summed E-state index contributed by atoms with van der Waals surface area (Å²) in [5, 5.41) is 11.6. The molecule has 13 heteroatoms. The van der Waals surface area contributed by atoms with Crippen LogP contribution in [-0.4, -0.2) is 70.3 Å². The van der Waals surface area contributed by atoms with Gasteiger partial charge in [0, 0.05) is 55.6 Å². The molecule has 0 spiro atoms. The Kier molecular flexibility index (Phi) is 7.40. The van der Waals surface area contributed by atoms with E-state index in [0.717, 1.165) is 39.6 Å². The molecule has 0 atom stereocenters. The maximum Gasteiger partial charge on any atom is 0.277 e. The minimum atomic E-state index is -0.670. The van der Waals surface area contributed by atoms with E-state index >= 15 is 0 Å². The summed E-state index contributed by atoms with van der Waals surface area (Å²) in [7, 11) is 1.86. The predicted molar refractivity (Wildman–Crippen MR) is 144 cm³/mol. The molecule has 1 fully saturated rings. The van der Waals surface area contributed by atoms with Crippen LogP contribution in [0.4, 0.5) is 17.5 Å². The van der Waals surface area contributed by atoms with Crippen molar-refractivity contribution in [3.05, 3.63) is 53.2 Å². The Labute approximate surface area is 222 Å². The summed E-state index contributed by atoms with van der Waals surface area (Å²) < 4.78 is 6.54. The monoisotopic (exact) mass is 534 g/mol. The van der Waals surface area contributed by atoms with Gasteiger partial charge in [0.1, 0.15) is 0 Å². The van der Waals surface area contributed by atoms with Gasteiger partial charge < -0.3 is 19.9 Å². The zero-order chi connectivity index (χ0) is 26.6. The molecule has 3 N–H and O–H groups in total. The van der Waals surface area contributed by atoms with Gasteiger partial charge in [0.25, 0.3) is 5.91 Å². The number of nitrogens with zero attached hydrogens (tertiary/aromatic N) is 6. The van der Waals surface area contributed by atoms with Crippen molar-refractivity contribution in [2.24, 2.45) is 0 Å². The first kappa shape index (κ1) is 25.4. The number of ether oxygens (including phenoxy) is 1. The van der Waals surface area contributed by atoms with Crippen LogP contribution in [-0.2, 0) is 16.1 Å². The van der Waals surface area contributed by atoms with Gasteiger partial charge in [-0.2, -0.15) is 0 Å². The molecular formula is C25H26N8O4S. The van der Waals surface area contributed by atoms with Crippen LogP contribution in [0.5, 0.6) is 0 Å². The Bertz CT molecular complexity index is 1470. The zero-order valence-electron chi connectivity index (χ0n) is 20.8. The molecule has 12 nitrogen and oxygen atoms in total. The lowest BCUT2D eigenvalue weighted by molar-refractivity contribution is -0.114. The highest BCUT2D eigenvalue weighted by Gasteiger charge is 2.21. The van der Waals surface area contributed by atoms with E-state index in [2.05, 4.69) is 20.2 Å². The van der Waals surface area contributed by atoms with Gasteiger partial charge in [-0.3, -0.25) is 14.8 Å². The Morgan fingerprint density at radius 3 is 2.63 bits per heavy atom. The number of thiophene rings is 1. The van der Waals surface area contributed by atoms with E-state index in [1.165, 1.54) is 19.3 Å². The number of carbonyl (C=O) groups is 2. The van der Waals surface area contributed by atoms with E-state index in [1.54, 1.807) is 16.8 Å². The van der Waals surface area contributed by atoms with Crippen LogP contribution in [0.1, 0.15) is 22.2 Å². The molecule has 0 bridgehead atoms. The Balaban J connectivity index is 1.48. The summed E-state index contributed by atoms with van der Waals surface area (Å²) >= 11 is 1.61. The normalized spacial score (nSPS) is 13.4. The number of benzene rings is 1. The van der Waals surface area contributed by atoms with Gasteiger partial charge in [-0.1, -0.05) is 12.1 Å². The van der Waals surface area contributed by atoms with Crippen molar-refractivity contribution in [3.8, 4) is 11.4 Å². The van der Waals surface area contributed by atoms with E-state index in [1.807, 2.05) is 42.3 Å². The average Bonchev–Trinajstić information content (AvgIpc) is 3.34. The van der Waals surface area contributed by atoms with E-state index in [9.17, 15) is 9.59 Å². The van der Waals surface area contributed by atoms with Crippen LogP contribution in [0.2, 0.25) is 0 Å². The van der Waals surface area contributed by atoms with Crippen molar-refractivity contribution in [3.63, 3.8) is 0 Å². The Morgan fingerprint density at radius 1 is 1.16 bits per heavy atom. The van der Waals surface area contributed by atoms with Crippen LogP contribution in [0.15, 0.2) is 42.7 Å². The molecule has 0 unspecified atom stereocenters. The summed E-state index contributed by atoms with van der Waals surface area (Å²) in [4.78, 5) is 46.5. The highest BCUT2D eigenvalue weighted by atomic mass is 32.1. The zero-order valence-corrected chi connectivity index (χ0v) is 21.7. The second-order valence-electron chi connectivity index (χ2n) is 8.73. The number of amides is 2. The van der Waals surface area contributed by atoms with Gasteiger partial charge in [-0.25, -0.2) is 25.4 Å². The van der Waals surface area contributed by atoms with E-state index in [0.29, 0.717) is 37.2 Å². The summed E-state index contributed by atoms with van der Waals surface area (Å²) in [6, 6.07) is 9.53. The van der Waals surface area contributed by atoms with Crippen LogP contribution in [0, 0.1) is 0 Å². The number of hydrogen-bond acceptors (Lipinski definition) is 11. The molecule has 2 amide bonds. The number of nitrogens with one attached hydrogen (secondary N) is 2. The van der Waals surface area contributed by atoms with Gasteiger partial charge in [0.05, 0.1) is 35.5 Å². The number of morpholine rings is 1. The number of hydroxylamine groups is 1. The largest absolute Gasteiger partial charge is 0.378 e. The number of rotatable bonds is 7. The van der Waals surface area contributed by atoms with Crippen LogP contribution in [0.3, 0.4) is 0 Å². The SMILES string of the molecule is CC(=O)Nc1cccc(-c2nc(N3CCOCC3)c3sc(CN(C)c4ncc(C(=O)NO)cn4)cc3n2)c1. The number of aromatic nitrogens is 4. The van der Waals surface area contributed by atoms with Gasteiger partial charge >= 0.3 is 0 Å². The van der Waals surface area contributed by atoms with Gasteiger partial charge in [-0.15, -0.1) is 11.3 Å². The van der Waals surface area contributed by atoms with E-state index < -0.39 is 5.91 Å². The van der Waals surface area contributed by atoms with Gasteiger partial charge in [-0.05, 0) is 18.2 Å². The average molecular weight is 535 g/mol. The maximum absolute atomic E-state index is 11.5. The molecule has 0 saturated carbocycles. The summed E-state index contributed by atoms with van der Waals surface area (Å²) in [5.74, 6) is 1.05. The smallest absolute Gasteiger partial charge is 0.277 e. The number of fused-ring (bicyclic) bond motifs is 1. The summed E-state index contributed by atoms with van der Waals surface area (Å²) in [6.45, 7) is 4.70. The standard InChI is InChI=1S/C25H26N8O4S/c1-15(34)28-18-5-3-4-16(10-18)22-29-20-11-19(38-21(20)23(30-22)33-6-8-37-9-7-33)14-32(2)25-26-12-17(13-27-25)24(35)31-36/h3-5,10-13,36H,6-9,14H2,1-2H3,(H,28,34)(H,31,35). The molecule has 3 aromatic heterocycles. The second-order valence-corrected chi connectivity index (χ2v) is 9.86. The minimum absolute atomic E-state index is 0.144. The fraction of sp³-hybridized carbons (Fsp3) is 0.280. The van der Waals surface area contributed by atoms with Crippen molar-refractivity contribution in [1.82, 2.24) is 25.4 Å². The topological polar surface area (TPSA) is 146 Å². The molecule has 4 aromatic rings. The lowest BCUT2D eigenvalue weighted by Gasteiger charge is -2.28. The van der Waals surface area contributed by atoms with Gasteiger partial charge in [0.2, 0.25) is 11.9 Å². The lowest BCUT2D eigenvalue weighted by atomic mass is 10.2. The van der Waals surface area contributed by atoms with Crippen molar-refractivity contribution in [2.75, 3.05) is 48.5 Å². The third-order valence-electron chi connectivity index (χ3n) is 5.89. The molecule has 1 saturated heterocycles. The summed E-state index contributed by atoms with van der Waals surface area (Å²) in [5.41, 5.74) is 4.04. The van der Waals surface area contributed by atoms with Crippen molar-refractivity contribution in [2.45, 2.75) is 13.5 Å². The Hall–Kier alpha value is -4.20. The molecule has 5 rings (SSSR count). The summed E-state index contributed by atoms with van der Waals surface area (Å²) in [6.07, 6.45) is 2.72. The van der Waals surface area contributed by atoms with Crippen LogP contribution in [0.25, 0.3) is 21.6 Å². The first-order chi connectivity index (χ1) is 18.4. The first-order valence-corrected chi connectivity index (χ1v) is 12.7. The number of anilines is 3. The third-order valence-corrected chi connectivity index (χ3v) is 7.00. The van der Waals surface area contributed by atoms with Crippen molar-refractivity contribution in [1.29, 1.82) is 0 Å². The molecule has 0 radical (unpaired) electrons. The minimum Gasteiger partial charge on any atom is -0.378 e. The fourth-order valence-corrected chi connectivity index (χ4v) is 5.27. The Morgan fingerprint density at radius 2 is 1.92 bits per heavy atom. The molecule has 1 aromatic carbocycles. The van der Waals surface area contributed by atoms with Crippen LogP contribution < -0.4 is 20.6 Å². The molecule has 1 aliphatic heterocycles. The van der Waals surface area contributed by atoms with Crippen LogP contribution >= 0.6 is 11.3 Å². The van der Waals surface area contributed by atoms with E-state index in [-0.39, 0.29) is 11.5 Å². The third kappa shape index (κ3) is 5.54. The predicted octanol–water partition coefficient (Wildman–Crippen LogP) is 2.70. The van der Waals surface area contributed by atoms with Crippen molar-refractivity contribution < 1.29 is 19.5 Å². The number of carbonyl (C=O) groups excluding carboxylic acids is 2. The molecule has 38 heavy (non-hydrogen) atoms. The quantitative estimate of drug-likeness (QED) is 0.239. The highest BCUT2D eigenvalue weighted by Crippen LogP contribution is 2.35. The van der Waals surface area contributed by atoms with Gasteiger partial charge in [0.15, 0.2) is 11.6 Å². The lowest BCUT2D eigenvalue weighted by Crippen LogP contribution is -2.36. The highest BCUT2D eigenvalue weighted by molar-refractivity contribution is 7.19. The maximum atomic E-state index is 11.5. The molecule has 1 aliphatic rings. The first-order valence-electron chi connectivity index (χ1n) is 11.9. The molecule has 196 valence electrons. The second kappa shape index (κ2) is 11.0. The van der Waals surface area contributed by atoms with E-state index in [4.69, 9.17) is 19.9 Å². The number of hydrogen-bond donors (Lipinski definition) is 3. The fourth-order valence-electron chi connectivity index (χ4n) is 4.10.